The summed E-state index contributed by atoms with van der Waals surface area (Å²) in [6.45, 7) is 4.70. The second-order valence-electron chi connectivity index (χ2n) is 5.40. The Morgan fingerprint density at radius 1 is 1.11 bits per heavy atom. The zero-order valence-corrected chi connectivity index (χ0v) is 15.8. The number of benzene rings is 2. The molecule has 0 unspecified atom stereocenters. The lowest BCUT2D eigenvalue weighted by Gasteiger charge is -2.09. The molecule has 144 valence electrons. The number of hydrogen-bond acceptors (Lipinski definition) is 7. The Morgan fingerprint density at radius 2 is 1.79 bits per heavy atom. The van der Waals surface area contributed by atoms with E-state index in [0.29, 0.717) is 5.69 Å². The summed E-state index contributed by atoms with van der Waals surface area (Å²) in [5.74, 6) is -2.21. The Hall–Kier alpha value is -3.46. The van der Waals surface area contributed by atoms with Crippen molar-refractivity contribution in [3.05, 3.63) is 54.1 Å². The van der Waals surface area contributed by atoms with Crippen LogP contribution in [-0.4, -0.2) is 41.1 Å². The number of hydrogen-bond donors (Lipinski definition) is 3. The van der Waals surface area contributed by atoms with Crippen LogP contribution in [0.15, 0.2) is 63.5 Å². The van der Waals surface area contributed by atoms with E-state index in [0.717, 1.165) is 4.90 Å². The van der Waals surface area contributed by atoms with Crippen molar-refractivity contribution in [1.29, 1.82) is 0 Å². The van der Waals surface area contributed by atoms with Gasteiger partial charge in [0.05, 0.1) is 22.8 Å². The third-order valence-corrected chi connectivity index (χ3v) is 4.44. The molecule has 0 saturated heterocycles. The van der Waals surface area contributed by atoms with E-state index in [1.54, 1.807) is 18.2 Å². The van der Waals surface area contributed by atoms with E-state index in [1.165, 1.54) is 30.8 Å². The molecule has 0 bridgehead atoms. The number of thioether (sulfide) groups is 1. The highest BCUT2D eigenvalue weighted by atomic mass is 32.2. The van der Waals surface area contributed by atoms with Gasteiger partial charge in [-0.05, 0) is 31.0 Å². The van der Waals surface area contributed by atoms with Crippen LogP contribution in [0.1, 0.15) is 17.3 Å². The van der Waals surface area contributed by atoms with Gasteiger partial charge in [-0.1, -0.05) is 24.3 Å². The van der Waals surface area contributed by atoms with Crippen LogP contribution < -0.4 is 10.7 Å². The molecule has 0 saturated carbocycles. The highest BCUT2D eigenvalue weighted by molar-refractivity contribution is 7.99. The van der Waals surface area contributed by atoms with E-state index in [1.807, 2.05) is 18.2 Å². The predicted molar refractivity (Wildman–Crippen MR) is 110 cm³/mol. The summed E-state index contributed by atoms with van der Waals surface area (Å²) in [6, 6.07) is 13.3. The van der Waals surface area contributed by atoms with E-state index >= 15 is 0 Å². The second kappa shape index (κ2) is 10.0. The summed E-state index contributed by atoms with van der Waals surface area (Å²) in [7, 11) is 0. The Labute approximate surface area is 165 Å². The van der Waals surface area contributed by atoms with Gasteiger partial charge in [0, 0.05) is 11.8 Å². The number of para-hydroxylation sites is 2. The molecule has 2 rings (SSSR count). The molecule has 8 nitrogen and oxygen atoms in total. The van der Waals surface area contributed by atoms with Crippen molar-refractivity contribution in [2.24, 2.45) is 10.1 Å². The molecule has 1 amide bonds. The monoisotopic (exact) mass is 398 g/mol. The quantitative estimate of drug-likeness (QED) is 0.196. The van der Waals surface area contributed by atoms with Crippen LogP contribution in [-0.2, 0) is 9.59 Å². The summed E-state index contributed by atoms with van der Waals surface area (Å²) in [5.41, 5.74) is 2.94. The number of carboxylic acid groups (broad SMARTS) is 1. The van der Waals surface area contributed by atoms with Crippen LogP contribution in [0.2, 0.25) is 0 Å². The van der Waals surface area contributed by atoms with E-state index in [2.05, 4.69) is 27.6 Å². The highest BCUT2D eigenvalue weighted by Gasteiger charge is 2.17. The minimum Gasteiger partial charge on any atom is -0.478 e. The third-order valence-electron chi connectivity index (χ3n) is 3.49. The van der Waals surface area contributed by atoms with Crippen LogP contribution in [0.3, 0.4) is 0 Å². The lowest BCUT2D eigenvalue weighted by atomic mass is 10.2. The maximum atomic E-state index is 12.3. The second-order valence-corrected chi connectivity index (χ2v) is 6.42. The summed E-state index contributed by atoms with van der Waals surface area (Å²) < 4.78 is 0. The van der Waals surface area contributed by atoms with Crippen molar-refractivity contribution < 1.29 is 19.5 Å². The number of anilines is 1. The first-order valence-electron chi connectivity index (χ1n) is 8.07. The number of carbonyl (C=O) groups is 3. The number of carboxylic acids is 1. The van der Waals surface area contributed by atoms with E-state index in [4.69, 9.17) is 5.11 Å². The number of carbonyl (C=O) groups excluding carboxylic acids is 2. The molecular formula is C19H18N4O4S. The van der Waals surface area contributed by atoms with Crippen molar-refractivity contribution in [3.8, 4) is 0 Å². The van der Waals surface area contributed by atoms with Gasteiger partial charge in [-0.3, -0.25) is 20.0 Å². The Bertz CT molecular complexity index is 943. The smallest absolute Gasteiger partial charge is 0.337 e. The van der Waals surface area contributed by atoms with Gasteiger partial charge in [-0.25, -0.2) is 4.79 Å². The first-order valence-corrected chi connectivity index (χ1v) is 9.06. The first-order chi connectivity index (χ1) is 13.4. The molecule has 9 heteroatoms. The molecular weight excluding hydrogens is 380 g/mol. The molecule has 0 aliphatic carbocycles. The van der Waals surface area contributed by atoms with E-state index < -0.39 is 17.7 Å². The number of nitrogens with one attached hydrogen (secondary N) is 2. The fourth-order valence-electron chi connectivity index (χ4n) is 2.15. The number of amides is 1. The van der Waals surface area contributed by atoms with Gasteiger partial charge in [0.15, 0.2) is 11.5 Å². The zero-order chi connectivity index (χ0) is 20.5. The molecule has 28 heavy (non-hydrogen) atoms. The molecule has 0 radical (unpaired) electrons. The molecule has 0 aromatic heterocycles. The molecule has 0 aliphatic rings. The molecule has 2 aromatic rings. The van der Waals surface area contributed by atoms with Crippen LogP contribution >= 0.6 is 11.8 Å². The first kappa shape index (κ1) is 20.8. The van der Waals surface area contributed by atoms with E-state index in [9.17, 15) is 14.4 Å². The average Bonchev–Trinajstić information content (AvgIpc) is 2.68. The lowest BCUT2D eigenvalue weighted by molar-refractivity contribution is -0.117. The third kappa shape index (κ3) is 5.52. The minimum absolute atomic E-state index is 0.0290. The molecule has 0 fully saturated rings. The summed E-state index contributed by atoms with van der Waals surface area (Å²) in [4.78, 5) is 40.0. The van der Waals surface area contributed by atoms with Gasteiger partial charge < -0.3 is 10.4 Å². The van der Waals surface area contributed by atoms with Crippen molar-refractivity contribution in [3.63, 3.8) is 0 Å². The van der Waals surface area contributed by atoms with Crippen molar-refractivity contribution >= 4 is 53.2 Å². The van der Waals surface area contributed by atoms with Crippen LogP contribution in [0.4, 0.5) is 11.4 Å². The molecule has 0 atom stereocenters. The maximum Gasteiger partial charge on any atom is 0.337 e. The molecule has 0 aliphatic heterocycles. The van der Waals surface area contributed by atoms with Crippen molar-refractivity contribution in [2.45, 2.75) is 11.8 Å². The normalized spacial score (nSPS) is 10.8. The van der Waals surface area contributed by atoms with Gasteiger partial charge in [0.2, 0.25) is 0 Å². The Morgan fingerprint density at radius 3 is 2.46 bits per heavy atom. The average molecular weight is 398 g/mol. The number of aromatic carboxylic acids is 1. The molecule has 2 aromatic carbocycles. The molecule has 0 heterocycles. The lowest BCUT2D eigenvalue weighted by Crippen LogP contribution is -2.35. The molecule has 0 spiro atoms. The summed E-state index contributed by atoms with van der Waals surface area (Å²) in [5, 5.41) is 15.6. The summed E-state index contributed by atoms with van der Waals surface area (Å²) >= 11 is 1.32. The fraction of sp³-hybridized carbons (Fsp3) is 0.105. The summed E-state index contributed by atoms with van der Waals surface area (Å²) in [6.07, 6.45) is 0. The van der Waals surface area contributed by atoms with Crippen LogP contribution in [0, 0.1) is 0 Å². The van der Waals surface area contributed by atoms with Crippen LogP contribution in [0.5, 0.6) is 0 Å². The maximum absolute atomic E-state index is 12.3. The van der Waals surface area contributed by atoms with Crippen molar-refractivity contribution in [2.75, 3.05) is 11.3 Å². The predicted octanol–water partition coefficient (Wildman–Crippen LogP) is 2.94. The number of Topliss-reactive ketones (excluding diaryl/α,β-unsaturated/α-hetero) is 1. The number of rotatable bonds is 9. The minimum atomic E-state index is -1.15. The van der Waals surface area contributed by atoms with Gasteiger partial charge in [-0.15, -0.1) is 11.8 Å². The van der Waals surface area contributed by atoms with Crippen molar-refractivity contribution in [1.82, 2.24) is 5.32 Å². The topological polar surface area (TPSA) is 120 Å². The van der Waals surface area contributed by atoms with Gasteiger partial charge in [0.25, 0.3) is 5.91 Å². The number of nitrogens with zero attached hydrogens (tertiary/aromatic N) is 2. The largest absolute Gasteiger partial charge is 0.478 e. The standard InChI is InChI=1S/C19H18N4O4S/c1-12(24)17(23-22-14-8-4-3-7-13(14)19(26)27)18(25)21-11-28-16-10-6-5-9-15(16)20-2/h3-10,22H,2,11H2,1H3,(H,21,25)(H,26,27)/b23-17+. The number of ketones is 1. The van der Waals surface area contributed by atoms with E-state index in [-0.39, 0.29) is 22.8 Å². The van der Waals surface area contributed by atoms with Crippen LogP contribution in [0.25, 0.3) is 0 Å². The Balaban J connectivity index is 2.06. The molecule has 3 N–H and O–H groups in total. The number of hydrazone groups is 1. The fourth-order valence-corrected chi connectivity index (χ4v) is 2.96. The highest BCUT2D eigenvalue weighted by Crippen LogP contribution is 2.27. The van der Waals surface area contributed by atoms with Gasteiger partial charge >= 0.3 is 5.97 Å². The number of aliphatic imine (C=N–C) groups is 1. The van der Waals surface area contributed by atoms with Gasteiger partial charge in [0.1, 0.15) is 0 Å². The van der Waals surface area contributed by atoms with Gasteiger partial charge in [-0.2, -0.15) is 5.10 Å². The Kier molecular flexibility index (Phi) is 7.46. The zero-order valence-electron chi connectivity index (χ0n) is 15.0. The SMILES string of the molecule is C=Nc1ccccc1SCNC(=O)/C(=N/Nc1ccccc1C(=O)O)C(C)=O.